The molecule has 21 heavy (non-hydrogen) atoms. The maximum atomic E-state index is 11.8. The molecule has 0 aliphatic heterocycles. The summed E-state index contributed by atoms with van der Waals surface area (Å²) >= 11 is 0. The summed E-state index contributed by atoms with van der Waals surface area (Å²) in [6.45, 7) is 4.66. The van der Waals surface area contributed by atoms with Crippen LogP contribution >= 0.6 is 0 Å². The normalized spacial score (nSPS) is 10.4. The van der Waals surface area contributed by atoms with Crippen molar-refractivity contribution in [1.29, 1.82) is 0 Å². The number of hydrogen-bond donors (Lipinski definition) is 3. The molecule has 8 heteroatoms. The molecule has 0 saturated heterocycles. The second kappa shape index (κ2) is 8.13. The lowest BCUT2D eigenvalue weighted by molar-refractivity contribution is -0.142. The molecule has 0 aliphatic carbocycles. The van der Waals surface area contributed by atoms with E-state index in [4.69, 9.17) is 10.5 Å². The molecule has 0 fully saturated rings. The third-order valence-electron chi connectivity index (χ3n) is 2.91. The zero-order valence-corrected chi connectivity index (χ0v) is 12.4. The Morgan fingerprint density at radius 2 is 2.10 bits per heavy atom. The molecule has 8 nitrogen and oxygen atoms in total. The first kappa shape index (κ1) is 16.8. The van der Waals surface area contributed by atoms with Gasteiger partial charge in [-0.2, -0.15) is 0 Å². The molecule has 0 amide bonds. The van der Waals surface area contributed by atoms with E-state index >= 15 is 0 Å². The summed E-state index contributed by atoms with van der Waals surface area (Å²) in [5, 5.41) is 2.79. The highest BCUT2D eigenvalue weighted by Gasteiger charge is 2.12. The van der Waals surface area contributed by atoms with Crippen molar-refractivity contribution < 1.29 is 9.53 Å². The molecule has 0 unspecified atom stereocenters. The van der Waals surface area contributed by atoms with Gasteiger partial charge in [-0.3, -0.25) is 19.1 Å². The molecule has 0 aliphatic rings. The van der Waals surface area contributed by atoms with Crippen LogP contribution in [0, 0.1) is 0 Å². The summed E-state index contributed by atoms with van der Waals surface area (Å²) in [5.74, 6) is -0.277. The minimum atomic E-state index is -0.589. The lowest BCUT2D eigenvalue weighted by Gasteiger charge is -2.13. The van der Waals surface area contributed by atoms with Crippen molar-refractivity contribution in [2.24, 2.45) is 0 Å². The minimum absolute atomic E-state index is 0.0843. The number of H-pyrrole nitrogens is 1. The molecule has 118 valence electrons. The number of aromatic nitrogens is 2. The van der Waals surface area contributed by atoms with Crippen LogP contribution in [-0.2, 0) is 16.1 Å². The van der Waals surface area contributed by atoms with Crippen LogP contribution in [0.5, 0.6) is 0 Å². The second-order valence-corrected chi connectivity index (χ2v) is 4.51. The minimum Gasteiger partial charge on any atom is -0.466 e. The van der Waals surface area contributed by atoms with E-state index in [0.717, 1.165) is 12.8 Å². The number of nitrogens with two attached hydrogens (primary N) is 1. The van der Waals surface area contributed by atoms with Crippen molar-refractivity contribution in [2.45, 2.75) is 39.7 Å². The van der Waals surface area contributed by atoms with Gasteiger partial charge in [-0.25, -0.2) is 4.79 Å². The number of hydrogen-bond acceptors (Lipinski definition) is 6. The maximum absolute atomic E-state index is 11.8. The summed E-state index contributed by atoms with van der Waals surface area (Å²) in [7, 11) is 0. The van der Waals surface area contributed by atoms with Gasteiger partial charge < -0.3 is 15.8 Å². The van der Waals surface area contributed by atoms with Crippen LogP contribution in [0.1, 0.15) is 33.1 Å². The first-order valence-corrected chi connectivity index (χ1v) is 7.03. The first-order chi connectivity index (χ1) is 10.0. The number of unbranched alkanes of at least 4 members (excludes halogenated alkanes) is 1. The summed E-state index contributed by atoms with van der Waals surface area (Å²) in [4.78, 5) is 36.9. The van der Waals surface area contributed by atoms with Gasteiger partial charge in [-0.05, 0) is 13.3 Å². The Labute approximate surface area is 122 Å². The molecular weight excluding hydrogens is 276 g/mol. The Morgan fingerprint density at radius 1 is 1.38 bits per heavy atom. The second-order valence-electron chi connectivity index (χ2n) is 4.51. The molecular formula is C13H22N4O4. The predicted octanol–water partition coefficient (Wildman–Crippen LogP) is 0.284. The van der Waals surface area contributed by atoms with Crippen LogP contribution in [0.4, 0.5) is 11.5 Å². The van der Waals surface area contributed by atoms with E-state index in [1.54, 1.807) is 6.92 Å². The molecule has 0 spiro atoms. The third kappa shape index (κ3) is 4.66. The number of carbonyl (C=O) groups is 1. The van der Waals surface area contributed by atoms with Crippen LogP contribution < -0.4 is 22.3 Å². The molecule has 0 saturated carbocycles. The Morgan fingerprint density at radius 3 is 2.71 bits per heavy atom. The fourth-order valence-corrected chi connectivity index (χ4v) is 1.82. The van der Waals surface area contributed by atoms with Gasteiger partial charge in [0.15, 0.2) is 0 Å². The molecule has 1 rings (SSSR count). The number of nitrogen functional groups attached to an aromatic ring is 1. The van der Waals surface area contributed by atoms with E-state index < -0.39 is 11.2 Å². The van der Waals surface area contributed by atoms with Crippen LogP contribution in [0.3, 0.4) is 0 Å². The zero-order valence-electron chi connectivity index (χ0n) is 12.4. The average Bonchev–Trinajstić information content (AvgIpc) is 2.42. The summed E-state index contributed by atoms with van der Waals surface area (Å²) in [6, 6.07) is 0. The lowest BCUT2D eigenvalue weighted by Crippen LogP contribution is -2.34. The van der Waals surface area contributed by atoms with Crippen LogP contribution in [0.2, 0.25) is 0 Å². The quantitative estimate of drug-likeness (QED) is 0.593. The van der Waals surface area contributed by atoms with Gasteiger partial charge in [-0.15, -0.1) is 0 Å². The van der Waals surface area contributed by atoms with Gasteiger partial charge in [0.25, 0.3) is 5.56 Å². The highest BCUT2D eigenvalue weighted by atomic mass is 16.5. The van der Waals surface area contributed by atoms with Crippen molar-refractivity contribution >= 4 is 17.5 Å². The number of nitrogens with one attached hydrogen (secondary N) is 2. The van der Waals surface area contributed by atoms with Gasteiger partial charge in [0, 0.05) is 13.1 Å². The van der Waals surface area contributed by atoms with Crippen molar-refractivity contribution in [3.05, 3.63) is 20.8 Å². The molecule has 0 radical (unpaired) electrons. The van der Waals surface area contributed by atoms with Gasteiger partial charge in [0.1, 0.15) is 11.5 Å². The Hall–Kier alpha value is -2.25. The summed E-state index contributed by atoms with van der Waals surface area (Å²) in [6.07, 6.45) is 1.79. The van der Waals surface area contributed by atoms with Gasteiger partial charge in [0.05, 0.1) is 13.0 Å². The van der Waals surface area contributed by atoms with Crippen molar-refractivity contribution in [3.63, 3.8) is 0 Å². The number of nitrogens with zero attached hydrogens (tertiary/aromatic N) is 1. The summed E-state index contributed by atoms with van der Waals surface area (Å²) < 4.78 is 6.10. The molecule has 1 aromatic heterocycles. The van der Waals surface area contributed by atoms with Crippen LogP contribution in [0.25, 0.3) is 0 Å². The van der Waals surface area contributed by atoms with Gasteiger partial charge >= 0.3 is 11.7 Å². The first-order valence-electron chi connectivity index (χ1n) is 7.03. The van der Waals surface area contributed by atoms with E-state index in [9.17, 15) is 14.4 Å². The summed E-state index contributed by atoms with van der Waals surface area (Å²) in [5.41, 5.74) is 4.86. The van der Waals surface area contributed by atoms with E-state index in [2.05, 4.69) is 10.3 Å². The van der Waals surface area contributed by atoms with E-state index in [-0.39, 0.29) is 30.4 Å². The number of carbonyl (C=O) groups excluding carboxylic acids is 1. The topological polar surface area (TPSA) is 119 Å². The smallest absolute Gasteiger partial charge is 0.330 e. The third-order valence-corrected chi connectivity index (χ3v) is 2.91. The monoisotopic (exact) mass is 298 g/mol. The van der Waals surface area contributed by atoms with E-state index in [0.29, 0.717) is 13.2 Å². The fraction of sp³-hybridized carbons (Fsp3) is 0.615. The highest BCUT2D eigenvalue weighted by molar-refractivity contribution is 5.70. The van der Waals surface area contributed by atoms with Crippen molar-refractivity contribution in [2.75, 3.05) is 24.2 Å². The Bertz CT molecular complexity index is 591. The van der Waals surface area contributed by atoms with Crippen LogP contribution in [0.15, 0.2) is 9.59 Å². The lowest BCUT2D eigenvalue weighted by atomic mass is 10.3. The molecule has 1 aromatic rings. The number of esters is 1. The number of aromatic amines is 1. The highest BCUT2D eigenvalue weighted by Crippen LogP contribution is 2.10. The number of rotatable bonds is 8. The molecule has 0 atom stereocenters. The van der Waals surface area contributed by atoms with Crippen molar-refractivity contribution in [1.82, 2.24) is 9.55 Å². The molecule has 4 N–H and O–H groups in total. The van der Waals surface area contributed by atoms with Crippen molar-refractivity contribution in [3.8, 4) is 0 Å². The Balaban J connectivity index is 2.84. The molecule has 1 heterocycles. The Kier molecular flexibility index (Phi) is 6.51. The molecule has 0 aromatic carbocycles. The standard InChI is InChI=1S/C13H22N4O4/c1-3-5-8-17-11(14)10(12(19)16-13(17)20)15-7-6-9(18)21-4-2/h15H,3-8,14H2,1-2H3,(H,16,19,20). The fourth-order valence-electron chi connectivity index (χ4n) is 1.82. The van der Waals surface area contributed by atoms with E-state index in [1.807, 2.05) is 6.92 Å². The van der Waals surface area contributed by atoms with Gasteiger partial charge in [-0.1, -0.05) is 13.3 Å². The SMILES string of the molecule is CCCCn1c(N)c(NCCC(=O)OCC)c(=O)[nH]c1=O. The molecule has 0 bridgehead atoms. The van der Waals surface area contributed by atoms with E-state index in [1.165, 1.54) is 4.57 Å². The maximum Gasteiger partial charge on any atom is 0.330 e. The number of anilines is 2. The predicted molar refractivity (Wildman–Crippen MR) is 80.4 cm³/mol. The number of ether oxygens (including phenoxy) is 1. The largest absolute Gasteiger partial charge is 0.466 e. The van der Waals surface area contributed by atoms with Gasteiger partial charge in [0.2, 0.25) is 0 Å². The van der Waals surface area contributed by atoms with Crippen LogP contribution in [-0.4, -0.2) is 28.7 Å². The zero-order chi connectivity index (χ0) is 15.8. The average molecular weight is 298 g/mol.